The van der Waals surface area contributed by atoms with Crippen molar-refractivity contribution in [1.82, 2.24) is 0 Å². The predicted octanol–water partition coefficient (Wildman–Crippen LogP) is 1.70. The van der Waals surface area contributed by atoms with E-state index in [1.807, 2.05) is 0 Å². The summed E-state index contributed by atoms with van der Waals surface area (Å²) in [5.74, 6) is 0.406. The molecule has 1 aromatic rings. The van der Waals surface area contributed by atoms with Gasteiger partial charge >= 0.3 is 5.97 Å². The van der Waals surface area contributed by atoms with Gasteiger partial charge in [-0.15, -0.1) is 0 Å². The number of benzene rings is 1. The maximum atomic E-state index is 11.0. The third kappa shape index (κ3) is 3.10. The smallest absolute Gasteiger partial charge is 0.330 e. The predicted molar refractivity (Wildman–Crippen MR) is 66.0 cm³/mol. The number of carbonyl (C=O) groups is 2. The summed E-state index contributed by atoms with van der Waals surface area (Å²) in [4.78, 5) is 21.9. The molecule has 0 atom stereocenters. The molecular formula is C13H14O5. The highest BCUT2D eigenvalue weighted by molar-refractivity contribution is 5.88. The van der Waals surface area contributed by atoms with Crippen LogP contribution in [0.2, 0.25) is 0 Å². The molecular weight excluding hydrogens is 236 g/mol. The first-order chi connectivity index (χ1) is 8.65. The second-order valence-electron chi connectivity index (χ2n) is 3.31. The Balaban J connectivity index is 3.21. The summed E-state index contributed by atoms with van der Waals surface area (Å²) in [6.45, 7) is 0. The fraction of sp³-hybridized carbons (Fsp3) is 0.231. The fourth-order valence-electron chi connectivity index (χ4n) is 1.39. The average Bonchev–Trinajstić information content (AvgIpc) is 2.43. The van der Waals surface area contributed by atoms with Crippen LogP contribution in [0.5, 0.6) is 11.5 Å². The van der Waals surface area contributed by atoms with Crippen LogP contribution in [0, 0.1) is 0 Å². The molecule has 5 heteroatoms. The van der Waals surface area contributed by atoms with Crippen molar-refractivity contribution in [3.05, 3.63) is 29.3 Å². The van der Waals surface area contributed by atoms with Gasteiger partial charge in [-0.2, -0.15) is 0 Å². The van der Waals surface area contributed by atoms with E-state index in [1.54, 1.807) is 12.1 Å². The minimum Gasteiger partial charge on any atom is -0.496 e. The highest BCUT2D eigenvalue weighted by Crippen LogP contribution is 2.28. The molecule has 0 saturated heterocycles. The van der Waals surface area contributed by atoms with E-state index in [0.717, 1.165) is 0 Å². The highest BCUT2D eigenvalue weighted by Gasteiger charge is 2.09. The van der Waals surface area contributed by atoms with Crippen molar-refractivity contribution < 1.29 is 23.8 Å². The summed E-state index contributed by atoms with van der Waals surface area (Å²) in [5.41, 5.74) is 0.995. The summed E-state index contributed by atoms with van der Waals surface area (Å²) in [5, 5.41) is 0. The standard InChI is InChI=1S/C13H14O5/c1-16-11-7-10(8-14)12(17-2)6-9(11)4-5-13(15)18-3/h4-8H,1-3H3. The van der Waals surface area contributed by atoms with Crippen LogP contribution in [-0.4, -0.2) is 33.6 Å². The van der Waals surface area contributed by atoms with Crippen molar-refractivity contribution in [3.63, 3.8) is 0 Å². The number of methoxy groups -OCH3 is 3. The fourth-order valence-corrected chi connectivity index (χ4v) is 1.39. The lowest BCUT2D eigenvalue weighted by atomic mass is 10.1. The summed E-state index contributed by atoms with van der Waals surface area (Å²) < 4.78 is 14.7. The maximum Gasteiger partial charge on any atom is 0.330 e. The lowest BCUT2D eigenvalue weighted by Gasteiger charge is -2.09. The van der Waals surface area contributed by atoms with Crippen molar-refractivity contribution in [2.24, 2.45) is 0 Å². The van der Waals surface area contributed by atoms with E-state index in [9.17, 15) is 9.59 Å². The Kier molecular flexibility index (Phi) is 4.92. The van der Waals surface area contributed by atoms with Gasteiger partial charge in [0.15, 0.2) is 6.29 Å². The van der Waals surface area contributed by atoms with Crippen LogP contribution in [0.3, 0.4) is 0 Å². The van der Waals surface area contributed by atoms with Crippen LogP contribution in [0.4, 0.5) is 0 Å². The zero-order valence-electron chi connectivity index (χ0n) is 10.4. The van der Waals surface area contributed by atoms with Gasteiger partial charge in [-0.1, -0.05) is 0 Å². The topological polar surface area (TPSA) is 61.8 Å². The van der Waals surface area contributed by atoms with Gasteiger partial charge in [-0.3, -0.25) is 4.79 Å². The normalized spacial score (nSPS) is 10.2. The minimum absolute atomic E-state index is 0.379. The van der Waals surface area contributed by atoms with E-state index in [0.29, 0.717) is 28.9 Å². The SMILES string of the molecule is COC(=O)C=Cc1cc(OC)c(C=O)cc1OC. The number of esters is 1. The zero-order valence-corrected chi connectivity index (χ0v) is 10.4. The molecule has 5 nitrogen and oxygen atoms in total. The molecule has 0 saturated carbocycles. The van der Waals surface area contributed by atoms with Crippen molar-refractivity contribution >= 4 is 18.3 Å². The molecule has 0 unspecified atom stereocenters. The molecule has 0 N–H and O–H groups in total. The number of hydrogen-bond donors (Lipinski definition) is 0. The third-order valence-corrected chi connectivity index (χ3v) is 2.31. The van der Waals surface area contributed by atoms with E-state index < -0.39 is 5.97 Å². The van der Waals surface area contributed by atoms with Gasteiger partial charge in [0.1, 0.15) is 11.5 Å². The minimum atomic E-state index is -0.476. The van der Waals surface area contributed by atoms with Gasteiger partial charge in [0.2, 0.25) is 0 Å². The summed E-state index contributed by atoms with van der Waals surface area (Å²) in [7, 11) is 4.23. The van der Waals surface area contributed by atoms with Crippen LogP contribution in [0.25, 0.3) is 6.08 Å². The number of aldehydes is 1. The molecule has 96 valence electrons. The number of hydrogen-bond acceptors (Lipinski definition) is 5. The Hall–Kier alpha value is -2.30. The van der Waals surface area contributed by atoms with Crippen molar-refractivity contribution in [1.29, 1.82) is 0 Å². The molecule has 0 spiro atoms. The van der Waals surface area contributed by atoms with Crippen LogP contribution < -0.4 is 9.47 Å². The van der Waals surface area contributed by atoms with Crippen molar-refractivity contribution in [2.45, 2.75) is 0 Å². The third-order valence-electron chi connectivity index (χ3n) is 2.31. The van der Waals surface area contributed by atoms with Gasteiger partial charge in [0, 0.05) is 11.6 Å². The quantitative estimate of drug-likeness (QED) is 0.452. The summed E-state index contributed by atoms with van der Waals surface area (Å²) >= 11 is 0. The first-order valence-electron chi connectivity index (χ1n) is 5.13. The van der Waals surface area contributed by atoms with Crippen LogP contribution in [0.15, 0.2) is 18.2 Å². The number of ether oxygens (including phenoxy) is 3. The highest BCUT2D eigenvalue weighted by atomic mass is 16.5. The molecule has 0 heterocycles. The Morgan fingerprint density at radius 3 is 2.11 bits per heavy atom. The van der Waals surface area contributed by atoms with Gasteiger partial charge < -0.3 is 14.2 Å². The molecule has 0 fully saturated rings. The molecule has 1 aromatic carbocycles. The van der Waals surface area contributed by atoms with Gasteiger partial charge in [-0.05, 0) is 18.2 Å². The van der Waals surface area contributed by atoms with Crippen LogP contribution >= 0.6 is 0 Å². The lowest BCUT2D eigenvalue weighted by Crippen LogP contribution is -1.96. The Morgan fingerprint density at radius 1 is 1.06 bits per heavy atom. The van der Waals surface area contributed by atoms with E-state index in [4.69, 9.17) is 9.47 Å². The molecule has 0 radical (unpaired) electrons. The van der Waals surface area contributed by atoms with Gasteiger partial charge in [-0.25, -0.2) is 4.79 Å². The molecule has 0 aliphatic carbocycles. The molecule has 0 aromatic heterocycles. The van der Waals surface area contributed by atoms with Crippen LogP contribution in [-0.2, 0) is 9.53 Å². The molecule has 0 aliphatic heterocycles. The van der Waals surface area contributed by atoms with E-state index in [1.165, 1.54) is 33.5 Å². The molecule has 0 aliphatic rings. The average molecular weight is 250 g/mol. The second-order valence-corrected chi connectivity index (χ2v) is 3.31. The Bertz CT molecular complexity index is 477. The van der Waals surface area contributed by atoms with Crippen LogP contribution in [0.1, 0.15) is 15.9 Å². The Labute approximate surface area is 105 Å². The van der Waals surface area contributed by atoms with E-state index >= 15 is 0 Å². The monoisotopic (exact) mass is 250 g/mol. The summed E-state index contributed by atoms with van der Waals surface area (Å²) in [6.07, 6.45) is 3.47. The molecule has 18 heavy (non-hydrogen) atoms. The number of rotatable bonds is 5. The van der Waals surface area contributed by atoms with Crippen molar-refractivity contribution in [2.75, 3.05) is 21.3 Å². The number of carbonyl (C=O) groups excluding carboxylic acids is 2. The first kappa shape index (κ1) is 13.8. The largest absolute Gasteiger partial charge is 0.496 e. The van der Waals surface area contributed by atoms with E-state index in [2.05, 4.69) is 4.74 Å². The van der Waals surface area contributed by atoms with Gasteiger partial charge in [0.05, 0.1) is 26.9 Å². The van der Waals surface area contributed by atoms with Gasteiger partial charge in [0.25, 0.3) is 0 Å². The van der Waals surface area contributed by atoms with E-state index in [-0.39, 0.29) is 0 Å². The van der Waals surface area contributed by atoms with Crippen molar-refractivity contribution in [3.8, 4) is 11.5 Å². The Morgan fingerprint density at radius 2 is 1.61 bits per heavy atom. The first-order valence-corrected chi connectivity index (χ1v) is 5.13. The zero-order chi connectivity index (χ0) is 13.5. The molecule has 0 amide bonds. The molecule has 1 rings (SSSR count). The lowest BCUT2D eigenvalue weighted by molar-refractivity contribution is -0.134. The maximum absolute atomic E-state index is 11.0. The second kappa shape index (κ2) is 6.44. The summed E-state index contributed by atoms with van der Waals surface area (Å²) in [6, 6.07) is 3.16. The molecule has 0 bridgehead atoms.